The summed E-state index contributed by atoms with van der Waals surface area (Å²) in [6, 6.07) is 83.8. The van der Waals surface area contributed by atoms with Gasteiger partial charge in [-0.05, 0) is 84.2 Å². The number of furan rings is 1. The molecule has 0 N–H and O–H groups in total. The van der Waals surface area contributed by atoms with Gasteiger partial charge < -0.3 is 19.1 Å². The van der Waals surface area contributed by atoms with E-state index in [1.807, 2.05) is 0 Å². The van der Waals surface area contributed by atoms with Crippen LogP contribution in [0.4, 0.5) is 51.2 Å². The van der Waals surface area contributed by atoms with Gasteiger partial charge in [0.15, 0.2) is 5.58 Å². The summed E-state index contributed by atoms with van der Waals surface area (Å²) in [5.41, 5.74) is 10.9. The molecule has 0 fully saturated rings. The van der Waals surface area contributed by atoms with Gasteiger partial charge in [-0.25, -0.2) is 0 Å². The summed E-state index contributed by atoms with van der Waals surface area (Å²) in [4.78, 5) is 7.17. The van der Waals surface area contributed by atoms with Gasteiger partial charge in [-0.15, -0.1) is 0 Å². The van der Waals surface area contributed by atoms with Gasteiger partial charge in [0.25, 0.3) is 0 Å². The molecule has 0 unspecified atom stereocenters. The molecule has 4 nitrogen and oxygen atoms in total. The van der Waals surface area contributed by atoms with Crippen molar-refractivity contribution in [1.29, 1.82) is 0 Å². The second-order valence-electron chi connectivity index (χ2n) is 14.9. The van der Waals surface area contributed by atoms with Crippen LogP contribution in [-0.4, -0.2) is 0 Å². The molecular formula is C56H39N3O. The van der Waals surface area contributed by atoms with Crippen LogP contribution in [0.1, 0.15) is 0 Å². The van der Waals surface area contributed by atoms with Gasteiger partial charge in [0, 0.05) is 50.3 Å². The Morgan fingerprint density at radius 2 is 0.567 bits per heavy atom. The summed E-state index contributed by atoms with van der Waals surface area (Å²) in [6.45, 7) is 0. The number of nitrogens with zero attached hydrogens (tertiary/aromatic N) is 3. The van der Waals surface area contributed by atoms with Crippen LogP contribution in [0.2, 0.25) is 0 Å². The summed E-state index contributed by atoms with van der Waals surface area (Å²) in [7, 11) is 0. The highest BCUT2D eigenvalue weighted by Crippen LogP contribution is 2.57. The normalized spacial score (nSPS) is 11.3. The molecule has 0 amide bonds. The Labute approximate surface area is 349 Å². The largest absolute Gasteiger partial charge is 0.454 e. The molecule has 0 aliphatic rings. The molecule has 1 aromatic heterocycles. The molecule has 60 heavy (non-hydrogen) atoms. The molecule has 0 saturated carbocycles. The van der Waals surface area contributed by atoms with Crippen LogP contribution in [0.15, 0.2) is 241 Å². The molecule has 0 bridgehead atoms. The van der Waals surface area contributed by atoms with Crippen molar-refractivity contribution < 1.29 is 4.42 Å². The Morgan fingerprint density at radius 1 is 0.267 bits per heavy atom. The molecule has 10 aromatic carbocycles. The number of benzene rings is 10. The van der Waals surface area contributed by atoms with Crippen molar-refractivity contribution in [3.05, 3.63) is 237 Å². The fraction of sp³-hybridized carbons (Fsp3) is 0. The van der Waals surface area contributed by atoms with E-state index in [2.05, 4.69) is 251 Å². The van der Waals surface area contributed by atoms with Crippen molar-refractivity contribution in [3.8, 4) is 0 Å². The van der Waals surface area contributed by atoms with Gasteiger partial charge in [-0.1, -0.05) is 158 Å². The van der Waals surface area contributed by atoms with Crippen LogP contribution in [0, 0.1) is 0 Å². The molecule has 11 rings (SSSR count). The third-order valence-corrected chi connectivity index (χ3v) is 11.3. The molecule has 284 valence electrons. The Balaban J connectivity index is 1.41. The van der Waals surface area contributed by atoms with E-state index in [9.17, 15) is 0 Å². The quantitative estimate of drug-likeness (QED) is 0.136. The Bertz CT molecular complexity index is 3130. The number of hydrogen-bond donors (Lipinski definition) is 0. The molecule has 1 heterocycles. The number of rotatable bonds is 9. The molecule has 0 atom stereocenters. The van der Waals surface area contributed by atoms with Crippen LogP contribution < -0.4 is 14.7 Å². The van der Waals surface area contributed by atoms with E-state index in [0.29, 0.717) is 0 Å². The van der Waals surface area contributed by atoms with Gasteiger partial charge in [0.05, 0.1) is 27.8 Å². The maximum Gasteiger partial charge on any atom is 0.162 e. The van der Waals surface area contributed by atoms with Crippen LogP contribution in [0.3, 0.4) is 0 Å². The minimum absolute atomic E-state index is 0.792. The lowest BCUT2D eigenvalue weighted by molar-refractivity contribution is 0.670. The highest BCUT2D eigenvalue weighted by atomic mass is 16.3. The summed E-state index contributed by atoms with van der Waals surface area (Å²) >= 11 is 0. The monoisotopic (exact) mass is 769 g/mol. The Hall–Kier alpha value is -8.08. The van der Waals surface area contributed by atoms with Crippen molar-refractivity contribution in [3.63, 3.8) is 0 Å². The molecule has 0 radical (unpaired) electrons. The van der Waals surface area contributed by atoms with E-state index in [1.54, 1.807) is 0 Å². The van der Waals surface area contributed by atoms with Gasteiger partial charge in [-0.2, -0.15) is 0 Å². The van der Waals surface area contributed by atoms with Gasteiger partial charge in [-0.3, -0.25) is 0 Å². The fourth-order valence-corrected chi connectivity index (χ4v) is 8.82. The summed E-state index contributed by atoms with van der Waals surface area (Å²) < 4.78 is 7.55. The number of para-hydroxylation sites is 6. The Kier molecular flexibility index (Phi) is 8.79. The lowest BCUT2D eigenvalue weighted by atomic mass is 9.95. The molecule has 0 aliphatic carbocycles. The first kappa shape index (κ1) is 35.1. The number of fused-ring (bicyclic) bond motifs is 5. The first-order valence-electron chi connectivity index (χ1n) is 20.4. The minimum atomic E-state index is 0.792. The maximum absolute atomic E-state index is 7.55. The standard InChI is InChI=1S/C56H39N3O/c1-7-24-41(25-8-1)57(42-26-9-2-10-27-42)53-47-36-20-19-23-40(47)39-50-51(53)52-54(58(43-28-11-3-12-29-43)44-30-13-4-14-31-44)48-37-21-22-38-49(48)55(56(52)60-50)59(45-32-15-5-16-33-45)46-34-17-6-18-35-46/h1-39H. The second kappa shape index (κ2) is 15.0. The molecule has 0 aliphatic heterocycles. The van der Waals surface area contributed by atoms with E-state index in [-0.39, 0.29) is 0 Å². The molecule has 11 aromatic rings. The highest BCUT2D eigenvalue weighted by Gasteiger charge is 2.32. The third-order valence-electron chi connectivity index (χ3n) is 11.3. The highest BCUT2D eigenvalue weighted by molar-refractivity contribution is 6.33. The van der Waals surface area contributed by atoms with Crippen LogP contribution in [0.5, 0.6) is 0 Å². The van der Waals surface area contributed by atoms with Crippen LogP contribution >= 0.6 is 0 Å². The predicted molar refractivity (Wildman–Crippen MR) is 253 cm³/mol. The smallest absolute Gasteiger partial charge is 0.162 e. The van der Waals surface area contributed by atoms with Crippen molar-refractivity contribution in [1.82, 2.24) is 0 Å². The minimum Gasteiger partial charge on any atom is -0.454 e. The second-order valence-corrected chi connectivity index (χ2v) is 14.9. The van der Waals surface area contributed by atoms with Crippen LogP contribution in [0.25, 0.3) is 43.5 Å². The number of hydrogen-bond acceptors (Lipinski definition) is 4. The average Bonchev–Trinajstić information content (AvgIpc) is 3.70. The number of anilines is 9. The topological polar surface area (TPSA) is 22.9 Å². The van der Waals surface area contributed by atoms with Crippen molar-refractivity contribution in [2.45, 2.75) is 0 Å². The summed E-state index contributed by atoms with van der Waals surface area (Å²) in [6.07, 6.45) is 0. The predicted octanol–water partition coefficient (Wildman–Crippen LogP) is 16.3. The third kappa shape index (κ3) is 5.93. The van der Waals surface area contributed by atoms with Crippen LogP contribution in [-0.2, 0) is 0 Å². The van der Waals surface area contributed by atoms with Crippen molar-refractivity contribution in [2.24, 2.45) is 0 Å². The summed E-state index contributed by atoms with van der Waals surface area (Å²) in [5.74, 6) is 0. The lowest BCUT2D eigenvalue weighted by Gasteiger charge is -2.32. The SMILES string of the molecule is c1ccc(N(c2ccccc2)c2c3ccccc3c(N(c3ccccc3)c3ccccc3)c3c2oc2cc4ccccc4c(N(c4ccccc4)c4ccccc4)c23)cc1. The maximum atomic E-state index is 7.55. The fourth-order valence-electron chi connectivity index (χ4n) is 8.82. The molecule has 4 heteroatoms. The van der Waals surface area contributed by atoms with Gasteiger partial charge >= 0.3 is 0 Å². The lowest BCUT2D eigenvalue weighted by Crippen LogP contribution is -2.14. The van der Waals surface area contributed by atoms with E-state index in [1.165, 1.54) is 0 Å². The van der Waals surface area contributed by atoms with Gasteiger partial charge in [0.2, 0.25) is 0 Å². The molecular weight excluding hydrogens is 731 g/mol. The zero-order valence-corrected chi connectivity index (χ0v) is 32.8. The van der Waals surface area contributed by atoms with E-state index >= 15 is 0 Å². The summed E-state index contributed by atoms with van der Waals surface area (Å²) in [5, 5.41) is 6.41. The molecule has 0 spiro atoms. The first-order valence-corrected chi connectivity index (χ1v) is 20.4. The van der Waals surface area contributed by atoms with E-state index in [0.717, 1.165) is 94.7 Å². The zero-order chi connectivity index (χ0) is 39.8. The van der Waals surface area contributed by atoms with Crippen molar-refractivity contribution >= 4 is 94.7 Å². The zero-order valence-electron chi connectivity index (χ0n) is 32.8. The average molecular weight is 770 g/mol. The van der Waals surface area contributed by atoms with Crippen molar-refractivity contribution in [2.75, 3.05) is 14.7 Å². The first-order chi connectivity index (χ1) is 29.8. The molecule has 0 saturated heterocycles. The van der Waals surface area contributed by atoms with E-state index < -0.39 is 0 Å². The van der Waals surface area contributed by atoms with E-state index in [4.69, 9.17) is 4.42 Å². The van der Waals surface area contributed by atoms with Gasteiger partial charge in [0.1, 0.15) is 5.58 Å². The Morgan fingerprint density at radius 3 is 0.967 bits per heavy atom.